The molecule has 2 aromatic carbocycles. The lowest BCUT2D eigenvalue weighted by Gasteiger charge is -2.23. The fourth-order valence-corrected chi connectivity index (χ4v) is 3.70. The Labute approximate surface area is 169 Å². The van der Waals surface area contributed by atoms with E-state index in [-0.39, 0.29) is 0 Å². The molecule has 1 N–H and O–H groups in total. The quantitative estimate of drug-likeness (QED) is 0.588. The third kappa shape index (κ3) is 5.18. The molecule has 1 atom stereocenters. The number of methoxy groups -OCH3 is 1. The average Bonchev–Trinajstić information content (AvgIpc) is 3.21. The standard InChI is InChI=1S/C23H32N4O/c1-4-24-23(26(2)18-20-10-8-9-13-22(20)28-3)25-16-19-14-15-27(17-19)21-11-6-5-7-12-21/h5-13,19H,4,14-18H2,1-3H3,(H,24,25). The molecule has 0 spiro atoms. The fourth-order valence-electron chi connectivity index (χ4n) is 3.70. The second kappa shape index (κ2) is 10.0. The number of anilines is 1. The summed E-state index contributed by atoms with van der Waals surface area (Å²) in [6.45, 7) is 6.76. The third-order valence-corrected chi connectivity index (χ3v) is 5.20. The number of nitrogens with zero attached hydrogens (tertiary/aromatic N) is 3. The van der Waals surface area contributed by atoms with E-state index >= 15 is 0 Å². The fraction of sp³-hybridized carbons (Fsp3) is 0.435. The van der Waals surface area contributed by atoms with Crippen molar-refractivity contribution < 1.29 is 4.74 Å². The molecular formula is C23H32N4O. The summed E-state index contributed by atoms with van der Waals surface area (Å²) < 4.78 is 5.49. The summed E-state index contributed by atoms with van der Waals surface area (Å²) in [6, 6.07) is 18.8. The van der Waals surface area contributed by atoms with Crippen LogP contribution in [-0.2, 0) is 6.54 Å². The Balaban J connectivity index is 1.61. The third-order valence-electron chi connectivity index (χ3n) is 5.20. The first-order chi connectivity index (χ1) is 13.7. The van der Waals surface area contributed by atoms with E-state index in [0.29, 0.717) is 5.92 Å². The van der Waals surface area contributed by atoms with E-state index in [0.717, 1.165) is 50.0 Å². The highest BCUT2D eigenvalue weighted by Crippen LogP contribution is 2.24. The number of nitrogens with one attached hydrogen (secondary N) is 1. The molecule has 0 amide bonds. The Morgan fingerprint density at radius 3 is 2.68 bits per heavy atom. The van der Waals surface area contributed by atoms with Crippen LogP contribution in [0.25, 0.3) is 0 Å². The van der Waals surface area contributed by atoms with Crippen molar-refractivity contribution in [1.29, 1.82) is 0 Å². The normalized spacial score (nSPS) is 16.9. The Morgan fingerprint density at radius 2 is 1.93 bits per heavy atom. The molecule has 2 aromatic rings. The van der Waals surface area contributed by atoms with Crippen LogP contribution in [0.5, 0.6) is 5.75 Å². The van der Waals surface area contributed by atoms with Crippen LogP contribution in [0.2, 0.25) is 0 Å². The van der Waals surface area contributed by atoms with Gasteiger partial charge in [-0.25, -0.2) is 0 Å². The monoisotopic (exact) mass is 380 g/mol. The molecule has 1 fully saturated rings. The number of hydrogen-bond donors (Lipinski definition) is 1. The summed E-state index contributed by atoms with van der Waals surface area (Å²) >= 11 is 0. The van der Waals surface area contributed by atoms with Crippen LogP contribution in [0, 0.1) is 5.92 Å². The van der Waals surface area contributed by atoms with E-state index in [4.69, 9.17) is 9.73 Å². The van der Waals surface area contributed by atoms with Crippen molar-refractivity contribution in [3.8, 4) is 5.75 Å². The van der Waals surface area contributed by atoms with Crippen LogP contribution in [-0.4, -0.2) is 51.2 Å². The summed E-state index contributed by atoms with van der Waals surface area (Å²) in [5.74, 6) is 2.46. The first-order valence-corrected chi connectivity index (χ1v) is 10.1. The lowest BCUT2D eigenvalue weighted by Crippen LogP contribution is -2.39. The minimum atomic E-state index is 0.591. The van der Waals surface area contributed by atoms with Gasteiger partial charge < -0.3 is 19.9 Å². The van der Waals surface area contributed by atoms with E-state index in [9.17, 15) is 0 Å². The number of guanidine groups is 1. The van der Waals surface area contributed by atoms with Crippen LogP contribution < -0.4 is 15.0 Å². The SMILES string of the molecule is CCNC(=NCC1CCN(c2ccccc2)C1)N(C)Cc1ccccc1OC. The van der Waals surface area contributed by atoms with E-state index in [1.807, 2.05) is 18.2 Å². The van der Waals surface area contributed by atoms with Gasteiger partial charge in [-0.1, -0.05) is 36.4 Å². The van der Waals surface area contributed by atoms with Gasteiger partial charge in [0, 0.05) is 51.0 Å². The zero-order valence-electron chi connectivity index (χ0n) is 17.3. The average molecular weight is 381 g/mol. The lowest BCUT2D eigenvalue weighted by atomic mass is 10.1. The zero-order chi connectivity index (χ0) is 19.8. The molecule has 28 heavy (non-hydrogen) atoms. The molecule has 5 heteroatoms. The van der Waals surface area contributed by atoms with Gasteiger partial charge in [0.2, 0.25) is 0 Å². The van der Waals surface area contributed by atoms with Gasteiger partial charge in [-0.2, -0.15) is 0 Å². The van der Waals surface area contributed by atoms with E-state index in [1.54, 1.807) is 7.11 Å². The highest BCUT2D eigenvalue weighted by atomic mass is 16.5. The molecule has 5 nitrogen and oxygen atoms in total. The Morgan fingerprint density at radius 1 is 1.18 bits per heavy atom. The van der Waals surface area contributed by atoms with Crippen molar-refractivity contribution in [2.45, 2.75) is 19.9 Å². The molecule has 1 aliphatic heterocycles. The molecule has 1 heterocycles. The number of ether oxygens (including phenoxy) is 1. The summed E-state index contributed by atoms with van der Waals surface area (Å²) in [5.41, 5.74) is 2.48. The molecule has 0 radical (unpaired) electrons. The molecule has 150 valence electrons. The lowest BCUT2D eigenvalue weighted by molar-refractivity contribution is 0.395. The topological polar surface area (TPSA) is 40.1 Å². The molecular weight excluding hydrogens is 348 g/mol. The maximum atomic E-state index is 5.49. The molecule has 3 rings (SSSR count). The van der Waals surface area contributed by atoms with E-state index in [2.05, 4.69) is 65.5 Å². The minimum Gasteiger partial charge on any atom is -0.496 e. The molecule has 1 saturated heterocycles. The molecule has 0 saturated carbocycles. The molecule has 0 aliphatic carbocycles. The predicted octanol–water partition coefficient (Wildman–Crippen LogP) is 3.62. The van der Waals surface area contributed by atoms with E-state index < -0.39 is 0 Å². The maximum absolute atomic E-state index is 5.49. The first kappa shape index (κ1) is 20.1. The van der Waals surface area contributed by atoms with Gasteiger partial charge in [-0.3, -0.25) is 4.99 Å². The highest BCUT2D eigenvalue weighted by Gasteiger charge is 2.22. The maximum Gasteiger partial charge on any atom is 0.193 e. The van der Waals surface area contributed by atoms with Crippen LogP contribution in [0.3, 0.4) is 0 Å². The smallest absolute Gasteiger partial charge is 0.193 e. The second-order valence-corrected chi connectivity index (χ2v) is 7.30. The van der Waals surface area contributed by atoms with Crippen LogP contribution in [0.1, 0.15) is 18.9 Å². The number of benzene rings is 2. The van der Waals surface area contributed by atoms with Gasteiger partial charge in [0.05, 0.1) is 7.11 Å². The van der Waals surface area contributed by atoms with Gasteiger partial charge in [0.1, 0.15) is 5.75 Å². The van der Waals surface area contributed by atoms with Crippen molar-refractivity contribution in [1.82, 2.24) is 10.2 Å². The van der Waals surface area contributed by atoms with Crippen LogP contribution in [0.15, 0.2) is 59.6 Å². The first-order valence-electron chi connectivity index (χ1n) is 10.1. The van der Waals surface area contributed by atoms with Gasteiger partial charge in [0.25, 0.3) is 0 Å². The number of hydrogen-bond acceptors (Lipinski definition) is 3. The summed E-state index contributed by atoms with van der Waals surface area (Å²) in [7, 11) is 3.80. The number of para-hydroxylation sites is 2. The number of aliphatic imine (C=N–C) groups is 1. The van der Waals surface area contributed by atoms with E-state index in [1.165, 1.54) is 12.1 Å². The summed E-state index contributed by atoms with van der Waals surface area (Å²) in [4.78, 5) is 9.57. The van der Waals surface area contributed by atoms with Crippen molar-refractivity contribution in [3.63, 3.8) is 0 Å². The predicted molar refractivity (Wildman–Crippen MR) is 117 cm³/mol. The largest absolute Gasteiger partial charge is 0.496 e. The number of rotatable bonds is 7. The molecule has 1 aliphatic rings. The van der Waals surface area contributed by atoms with Crippen LogP contribution in [0.4, 0.5) is 5.69 Å². The van der Waals surface area contributed by atoms with Crippen LogP contribution >= 0.6 is 0 Å². The van der Waals surface area contributed by atoms with Crippen molar-refractivity contribution in [2.24, 2.45) is 10.9 Å². The second-order valence-electron chi connectivity index (χ2n) is 7.30. The zero-order valence-corrected chi connectivity index (χ0v) is 17.3. The molecule has 1 unspecified atom stereocenters. The summed E-state index contributed by atoms with van der Waals surface area (Å²) in [6.07, 6.45) is 1.19. The van der Waals surface area contributed by atoms with Crippen molar-refractivity contribution in [3.05, 3.63) is 60.2 Å². The van der Waals surface area contributed by atoms with Gasteiger partial charge in [-0.05, 0) is 37.5 Å². The van der Waals surface area contributed by atoms with Gasteiger partial charge >= 0.3 is 0 Å². The van der Waals surface area contributed by atoms with Gasteiger partial charge in [-0.15, -0.1) is 0 Å². The van der Waals surface area contributed by atoms with Crippen molar-refractivity contribution in [2.75, 3.05) is 45.2 Å². The Kier molecular flexibility index (Phi) is 7.18. The summed E-state index contributed by atoms with van der Waals surface area (Å²) in [5, 5.41) is 3.43. The Hall–Kier alpha value is -2.69. The highest BCUT2D eigenvalue weighted by molar-refractivity contribution is 5.79. The molecule has 0 aromatic heterocycles. The molecule has 0 bridgehead atoms. The minimum absolute atomic E-state index is 0.591. The van der Waals surface area contributed by atoms with Crippen molar-refractivity contribution >= 4 is 11.6 Å². The van der Waals surface area contributed by atoms with Gasteiger partial charge in [0.15, 0.2) is 5.96 Å². The Bertz CT molecular complexity index is 762.